The summed E-state index contributed by atoms with van der Waals surface area (Å²) in [6, 6.07) is 11.8. The summed E-state index contributed by atoms with van der Waals surface area (Å²) in [6.45, 7) is 1.99. The van der Waals surface area contributed by atoms with E-state index in [0.717, 1.165) is 34.8 Å². The number of amides is 1. The number of carbonyl (C=O) groups excluding carboxylic acids is 1. The topological polar surface area (TPSA) is 81.4 Å². The van der Waals surface area contributed by atoms with Gasteiger partial charge in [0.2, 0.25) is 5.13 Å². The van der Waals surface area contributed by atoms with Gasteiger partial charge >= 0.3 is 0 Å². The lowest BCUT2D eigenvalue weighted by atomic mass is 10.1. The maximum absolute atomic E-state index is 12.5. The van der Waals surface area contributed by atoms with Crippen molar-refractivity contribution in [2.75, 3.05) is 12.4 Å². The fraction of sp³-hybridized carbons (Fsp3) is 0.200. The molecule has 0 atom stereocenters. The highest BCUT2D eigenvalue weighted by atomic mass is 32.1. The number of nitrogens with zero attached hydrogens (tertiary/aromatic N) is 4. The van der Waals surface area contributed by atoms with Crippen molar-refractivity contribution in [1.82, 2.24) is 19.6 Å². The summed E-state index contributed by atoms with van der Waals surface area (Å²) >= 11 is 1.38. The first-order valence-corrected chi connectivity index (χ1v) is 9.64. The normalized spacial score (nSPS) is 10.9. The minimum Gasteiger partial charge on any atom is -0.497 e. The summed E-state index contributed by atoms with van der Waals surface area (Å²) in [5.74, 6) is 0.547. The van der Waals surface area contributed by atoms with Gasteiger partial charge in [0.15, 0.2) is 0 Å². The molecule has 1 N–H and O–H groups in total. The molecule has 28 heavy (non-hydrogen) atoms. The van der Waals surface area contributed by atoms with Crippen molar-refractivity contribution >= 4 is 28.0 Å². The first-order valence-electron chi connectivity index (χ1n) is 8.83. The lowest BCUT2D eigenvalue weighted by Gasteiger charge is -2.01. The van der Waals surface area contributed by atoms with E-state index in [4.69, 9.17) is 4.74 Å². The van der Waals surface area contributed by atoms with Crippen molar-refractivity contribution < 1.29 is 9.53 Å². The molecule has 3 heterocycles. The molecule has 0 saturated heterocycles. The van der Waals surface area contributed by atoms with Gasteiger partial charge in [-0.1, -0.05) is 29.5 Å². The predicted octanol–water partition coefficient (Wildman–Crippen LogP) is 3.54. The van der Waals surface area contributed by atoms with Crippen molar-refractivity contribution in [3.8, 4) is 5.75 Å². The first kappa shape index (κ1) is 18.1. The third kappa shape index (κ3) is 4.01. The van der Waals surface area contributed by atoms with Crippen LogP contribution < -0.4 is 10.1 Å². The molecule has 0 spiro atoms. The van der Waals surface area contributed by atoms with Crippen molar-refractivity contribution in [2.24, 2.45) is 0 Å². The van der Waals surface area contributed by atoms with Crippen LogP contribution in [0, 0.1) is 6.92 Å². The van der Waals surface area contributed by atoms with Gasteiger partial charge in [0.1, 0.15) is 22.1 Å². The molecule has 0 aliphatic carbocycles. The summed E-state index contributed by atoms with van der Waals surface area (Å²) in [7, 11) is 1.65. The van der Waals surface area contributed by atoms with Gasteiger partial charge < -0.3 is 9.14 Å². The Bertz CT molecular complexity index is 1120. The number of pyridine rings is 1. The second kappa shape index (κ2) is 7.77. The Balaban J connectivity index is 1.38. The number of nitrogens with one attached hydrogen (secondary N) is 1. The average Bonchev–Trinajstić information content (AvgIpc) is 3.33. The fourth-order valence-corrected chi connectivity index (χ4v) is 3.56. The molecule has 142 valence electrons. The number of hydrogen-bond acceptors (Lipinski definition) is 6. The van der Waals surface area contributed by atoms with Gasteiger partial charge in [-0.3, -0.25) is 10.1 Å². The molecule has 7 nitrogen and oxygen atoms in total. The number of imidazole rings is 1. The minimum absolute atomic E-state index is 0.292. The van der Waals surface area contributed by atoms with Gasteiger partial charge in [-0.2, -0.15) is 0 Å². The first-order chi connectivity index (χ1) is 13.6. The third-order valence-corrected chi connectivity index (χ3v) is 5.20. The zero-order valence-corrected chi connectivity index (χ0v) is 16.4. The fourth-order valence-electron chi connectivity index (χ4n) is 2.82. The summed E-state index contributed by atoms with van der Waals surface area (Å²) in [4.78, 5) is 16.8. The highest BCUT2D eigenvalue weighted by Crippen LogP contribution is 2.19. The van der Waals surface area contributed by atoms with Crippen molar-refractivity contribution in [1.29, 1.82) is 0 Å². The largest absolute Gasteiger partial charge is 0.497 e. The minimum atomic E-state index is -0.292. The number of hydrogen-bond donors (Lipinski definition) is 1. The van der Waals surface area contributed by atoms with Gasteiger partial charge in [0.25, 0.3) is 5.91 Å². The predicted molar refractivity (Wildman–Crippen MR) is 108 cm³/mol. The molecule has 1 amide bonds. The SMILES string of the molecule is COc1ccc(CCc2nnc(NC(=O)c3cn4cc(C)ccc4n3)s2)cc1. The highest BCUT2D eigenvalue weighted by molar-refractivity contribution is 7.15. The molecular formula is C20H19N5O2S. The van der Waals surface area contributed by atoms with Crippen LogP contribution in [-0.4, -0.2) is 32.6 Å². The van der Waals surface area contributed by atoms with Crippen LogP contribution in [0.5, 0.6) is 5.75 Å². The lowest BCUT2D eigenvalue weighted by Crippen LogP contribution is -2.12. The van der Waals surface area contributed by atoms with Crippen LogP contribution in [0.3, 0.4) is 0 Å². The van der Waals surface area contributed by atoms with Gasteiger partial charge in [-0.15, -0.1) is 10.2 Å². The van der Waals surface area contributed by atoms with Crippen LogP contribution in [0.2, 0.25) is 0 Å². The van der Waals surface area contributed by atoms with Crippen LogP contribution in [0.1, 0.15) is 26.6 Å². The van der Waals surface area contributed by atoms with E-state index < -0.39 is 0 Å². The number of rotatable bonds is 6. The molecule has 3 aromatic heterocycles. The number of anilines is 1. The molecule has 4 rings (SSSR count). The number of fused-ring (bicyclic) bond motifs is 1. The van der Waals surface area contributed by atoms with Gasteiger partial charge in [-0.05, 0) is 42.7 Å². The van der Waals surface area contributed by atoms with E-state index in [2.05, 4.69) is 20.5 Å². The van der Waals surface area contributed by atoms with Gasteiger partial charge in [0.05, 0.1) is 7.11 Å². The monoisotopic (exact) mass is 393 g/mol. The Hall–Kier alpha value is -3.26. The van der Waals surface area contributed by atoms with Crippen LogP contribution in [0.25, 0.3) is 5.65 Å². The number of ether oxygens (including phenoxy) is 1. The Morgan fingerprint density at radius 1 is 1.11 bits per heavy atom. The van der Waals surface area contributed by atoms with Crippen molar-refractivity contribution in [3.05, 3.63) is 70.6 Å². The summed E-state index contributed by atoms with van der Waals surface area (Å²) in [5.41, 5.74) is 3.37. The van der Waals surface area contributed by atoms with Crippen molar-refractivity contribution in [2.45, 2.75) is 19.8 Å². The molecular weight excluding hydrogens is 374 g/mol. The Labute approximate surface area is 166 Å². The van der Waals surface area contributed by atoms with Gasteiger partial charge in [0, 0.05) is 18.8 Å². The zero-order valence-electron chi connectivity index (χ0n) is 15.5. The molecule has 0 aliphatic heterocycles. The average molecular weight is 393 g/mol. The summed E-state index contributed by atoms with van der Waals surface area (Å²) in [5, 5.41) is 12.4. The van der Waals surface area contributed by atoms with E-state index in [-0.39, 0.29) is 5.91 Å². The van der Waals surface area contributed by atoms with E-state index in [1.807, 2.05) is 53.9 Å². The number of carbonyl (C=O) groups is 1. The molecule has 0 fully saturated rings. The van der Waals surface area contributed by atoms with Crippen LogP contribution >= 0.6 is 11.3 Å². The number of methoxy groups -OCH3 is 1. The second-order valence-electron chi connectivity index (χ2n) is 6.40. The quantitative estimate of drug-likeness (QED) is 0.542. The van der Waals surface area contributed by atoms with E-state index in [9.17, 15) is 4.79 Å². The molecule has 0 bridgehead atoms. The summed E-state index contributed by atoms with van der Waals surface area (Å²) in [6.07, 6.45) is 5.25. The molecule has 0 unspecified atom stereocenters. The lowest BCUT2D eigenvalue weighted by molar-refractivity contribution is 0.102. The molecule has 1 aromatic carbocycles. The second-order valence-corrected chi connectivity index (χ2v) is 7.46. The molecule has 0 aliphatic rings. The smallest absolute Gasteiger partial charge is 0.277 e. The maximum Gasteiger partial charge on any atom is 0.277 e. The molecule has 0 saturated carbocycles. The van der Waals surface area contributed by atoms with Crippen molar-refractivity contribution in [3.63, 3.8) is 0 Å². The Morgan fingerprint density at radius 3 is 2.71 bits per heavy atom. The van der Waals surface area contributed by atoms with E-state index >= 15 is 0 Å². The summed E-state index contributed by atoms with van der Waals surface area (Å²) < 4.78 is 7.00. The molecule has 4 aromatic rings. The maximum atomic E-state index is 12.5. The Kier molecular flexibility index (Phi) is 5.03. The number of aromatic nitrogens is 4. The Morgan fingerprint density at radius 2 is 1.93 bits per heavy atom. The molecule has 0 radical (unpaired) electrons. The zero-order chi connectivity index (χ0) is 19.5. The van der Waals surface area contributed by atoms with E-state index in [1.54, 1.807) is 13.3 Å². The third-order valence-electron chi connectivity index (χ3n) is 4.31. The van der Waals surface area contributed by atoms with Crippen LogP contribution in [0.15, 0.2) is 48.8 Å². The van der Waals surface area contributed by atoms with Crippen LogP contribution in [0.4, 0.5) is 5.13 Å². The molecule has 8 heteroatoms. The van der Waals surface area contributed by atoms with Crippen LogP contribution in [-0.2, 0) is 12.8 Å². The number of benzene rings is 1. The standard InChI is InChI=1S/C20H19N5O2S/c1-13-3-9-17-21-16(12-25(17)11-13)19(26)22-20-24-23-18(28-20)10-6-14-4-7-15(27-2)8-5-14/h3-5,7-9,11-12H,6,10H2,1-2H3,(H,22,24,26). The van der Waals surface area contributed by atoms with Gasteiger partial charge in [-0.25, -0.2) is 4.98 Å². The highest BCUT2D eigenvalue weighted by Gasteiger charge is 2.14. The number of aryl methyl sites for hydroxylation is 3. The van der Waals surface area contributed by atoms with E-state index in [0.29, 0.717) is 10.8 Å². The van der Waals surface area contributed by atoms with E-state index in [1.165, 1.54) is 16.9 Å².